The molecule has 0 unspecified atom stereocenters. The molecule has 0 amide bonds. The zero-order chi connectivity index (χ0) is 11.4. The van der Waals surface area contributed by atoms with Crippen LogP contribution >= 0.6 is 0 Å². The number of hydrogen-bond donors (Lipinski definition) is 0. The topological polar surface area (TPSA) is 12.9 Å². The molecule has 0 saturated carbocycles. The van der Waals surface area contributed by atoms with Gasteiger partial charge in [0.05, 0.1) is 0 Å². The van der Waals surface area contributed by atoms with Crippen LogP contribution in [0.3, 0.4) is 0 Å². The monoisotopic (exact) mass is 217 g/mol. The normalized spacial score (nSPS) is 17.4. The average molecular weight is 217 g/mol. The second kappa shape index (κ2) is 5.47. The van der Waals surface area contributed by atoms with Crippen molar-refractivity contribution in [2.75, 3.05) is 0 Å². The van der Waals surface area contributed by atoms with Crippen molar-refractivity contribution in [1.29, 1.82) is 0 Å². The van der Waals surface area contributed by atoms with Gasteiger partial charge < -0.3 is 0 Å². The number of fused-ring (bicyclic) bond motifs is 1. The fourth-order valence-electron chi connectivity index (χ4n) is 2.48. The van der Waals surface area contributed by atoms with E-state index in [2.05, 4.69) is 31.1 Å². The van der Waals surface area contributed by atoms with Crippen LogP contribution in [0.2, 0.25) is 0 Å². The van der Waals surface area contributed by atoms with Gasteiger partial charge in [-0.15, -0.1) is 0 Å². The van der Waals surface area contributed by atoms with Gasteiger partial charge in [0.25, 0.3) is 0 Å². The van der Waals surface area contributed by atoms with Crippen LogP contribution in [0.25, 0.3) is 0 Å². The molecule has 1 aromatic heterocycles. The summed E-state index contributed by atoms with van der Waals surface area (Å²) >= 11 is 0. The number of nitrogens with zero attached hydrogens (tertiary/aromatic N) is 1. The van der Waals surface area contributed by atoms with Crippen molar-refractivity contribution in [3.63, 3.8) is 0 Å². The summed E-state index contributed by atoms with van der Waals surface area (Å²) in [6.45, 7) is 4.45. The highest BCUT2D eigenvalue weighted by molar-refractivity contribution is 5.28. The van der Waals surface area contributed by atoms with Crippen LogP contribution in [0.15, 0.2) is 12.3 Å². The summed E-state index contributed by atoms with van der Waals surface area (Å²) in [4.78, 5) is 4.59. The van der Waals surface area contributed by atoms with E-state index in [0.29, 0.717) is 5.92 Å². The van der Waals surface area contributed by atoms with Crippen molar-refractivity contribution in [2.24, 2.45) is 0 Å². The summed E-state index contributed by atoms with van der Waals surface area (Å²) in [5.74, 6) is 0.554. The van der Waals surface area contributed by atoms with E-state index < -0.39 is 0 Å². The van der Waals surface area contributed by atoms with Gasteiger partial charge in [0.2, 0.25) is 0 Å². The highest BCUT2D eigenvalue weighted by atomic mass is 14.7. The maximum atomic E-state index is 4.59. The molecule has 1 aliphatic carbocycles. The second-order valence-electron chi connectivity index (χ2n) is 5.30. The van der Waals surface area contributed by atoms with E-state index >= 15 is 0 Å². The Morgan fingerprint density at radius 2 is 1.56 bits per heavy atom. The molecule has 0 aromatic carbocycles. The standard InChI is InChI=1S/C15H23N/c1-12(2)15-10-13-8-6-4-3-5-7-9-14(13)11-16-15/h10-12H,3-9H2,1-2H3. The molecule has 0 aliphatic heterocycles. The molecule has 0 spiro atoms. The molecule has 16 heavy (non-hydrogen) atoms. The lowest BCUT2D eigenvalue weighted by Gasteiger charge is -2.11. The molecule has 0 radical (unpaired) electrons. The van der Waals surface area contributed by atoms with Crippen molar-refractivity contribution in [2.45, 2.75) is 64.7 Å². The summed E-state index contributed by atoms with van der Waals surface area (Å²) in [6, 6.07) is 2.35. The zero-order valence-corrected chi connectivity index (χ0v) is 10.6. The number of aromatic nitrogens is 1. The van der Waals surface area contributed by atoms with Gasteiger partial charge in [-0.3, -0.25) is 4.98 Å². The van der Waals surface area contributed by atoms with Crippen molar-refractivity contribution in [3.05, 3.63) is 29.1 Å². The number of hydrogen-bond acceptors (Lipinski definition) is 1. The van der Waals surface area contributed by atoms with Gasteiger partial charge in [0, 0.05) is 11.9 Å². The maximum absolute atomic E-state index is 4.59. The van der Waals surface area contributed by atoms with E-state index in [0.717, 1.165) is 0 Å². The molecule has 1 nitrogen and oxygen atoms in total. The minimum Gasteiger partial charge on any atom is -0.261 e. The SMILES string of the molecule is CC(C)c1cc2c(cn1)CCCCCCC2. The van der Waals surface area contributed by atoms with Gasteiger partial charge in [0.15, 0.2) is 0 Å². The Bertz CT molecular complexity index is 341. The molecular formula is C15H23N. The first-order chi connectivity index (χ1) is 7.77. The fourth-order valence-corrected chi connectivity index (χ4v) is 2.48. The number of aryl methyl sites for hydroxylation is 2. The van der Waals surface area contributed by atoms with Crippen LogP contribution < -0.4 is 0 Å². The van der Waals surface area contributed by atoms with Gasteiger partial charge in [-0.05, 0) is 48.8 Å². The number of rotatable bonds is 1. The third-order valence-electron chi connectivity index (χ3n) is 3.59. The van der Waals surface area contributed by atoms with Crippen molar-refractivity contribution < 1.29 is 0 Å². The van der Waals surface area contributed by atoms with E-state index in [4.69, 9.17) is 0 Å². The lowest BCUT2D eigenvalue weighted by Crippen LogP contribution is -2.00. The third-order valence-corrected chi connectivity index (χ3v) is 3.59. The summed E-state index contributed by atoms with van der Waals surface area (Å²) < 4.78 is 0. The highest BCUT2D eigenvalue weighted by Crippen LogP contribution is 2.22. The Kier molecular flexibility index (Phi) is 3.98. The molecule has 1 aliphatic rings. The average Bonchev–Trinajstić information content (AvgIpc) is 2.39. The molecule has 0 fully saturated rings. The van der Waals surface area contributed by atoms with Crippen LogP contribution in [-0.4, -0.2) is 4.98 Å². The Morgan fingerprint density at radius 1 is 0.938 bits per heavy atom. The first-order valence-corrected chi connectivity index (χ1v) is 6.75. The molecule has 0 N–H and O–H groups in total. The largest absolute Gasteiger partial charge is 0.261 e. The molecule has 1 heteroatoms. The number of pyridine rings is 1. The molecule has 0 bridgehead atoms. The van der Waals surface area contributed by atoms with Crippen LogP contribution in [0.1, 0.15) is 68.7 Å². The molecule has 1 aromatic rings. The van der Waals surface area contributed by atoms with E-state index in [9.17, 15) is 0 Å². The van der Waals surface area contributed by atoms with E-state index in [-0.39, 0.29) is 0 Å². The van der Waals surface area contributed by atoms with Crippen molar-refractivity contribution >= 4 is 0 Å². The van der Waals surface area contributed by atoms with Crippen LogP contribution in [-0.2, 0) is 12.8 Å². The first kappa shape index (κ1) is 11.6. The third kappa shape index (κ3) is 2.84. The van der Waals surface area contributed by atoms with E-state index in [1.165, 1.54) is 56.2 Å². The highest BCUT2D eigenvalue weighted by Gasteiger charge is 2.09. The second-order valence-corrected chi connectivity index (χ2v) is 5.30. The smallest absolute Gasteiger partial charge is 0.0431 e. The van der Waals surface area contributed by atoms with Gasteiger partial charge in [-0.1, -0.05) is 33.1 Å². The van der Waals surface area contributed by atoms with Gasteiger partial charge in [-0.2, -0.15) is 0 Å². The lowest BCUT2D eigenvalue weighted by molar-refractivity contribution is 0.629. The Hall–Kier alpha value is -0.850. The minimum absolute atomic E-state index is 0.554. The molecule has 1 heterocycles. The van der Waals surface area contributed by atoms with Gasteiger partial charge >= 0.3 is 0 Å². The summed E-state index contributed by atoms with van der Waals surface area (Å²) in [5.41, 5.74) is 4.34. The summed E-state index contributed by atoms with van der Waals surface area (Å²) in [5, 5.41) is 0. The zero-order valence-electron chi connectivity index (χ0n) is 10.6. The lowest BCUT2D eigenvalue weighted by atomic mass is 9.98. The summed E-state index contributed by atoms with van der Waals surface area (Å²) in [7, 11) is 0. The fraction of sp³-hybridized carbons (Fsp3) is 0.667. The van der Waals surface area contributed by atoms with Gasteiger partial charge in [0.1, 0.15) is 0 Å². The molecule has 0 saturated heterocycles. The van der Waals surface area contributed by atoms with E-state index in [1.807, 2.05) is 0 Å². The van der Waals surface area contributed by atoms with E-state index in [1.54, 1.807) is 5.56 Å². The Balaban J connectivity index is 2.24. The predicted molar refractivity (Wildman–Crippen MR) is 68.8 cm³/mol. The maximum Gasteiger partial charge on any atom is 0.0431 e. The predicted octanol–water partition coefficient (Wildman–Crippen LogP) is 4.25. The molecule has 2 rings (SSSR count). The van der Waals surface area contributed by atoms with Crippen LogP contribution in [0.5, 0.6) is 0 Å². The molecule has 88 valence electrons. The van der Waals surface area contributed by atoms with Gasteiger partial charge in [-0.25, -0.2) is 0 Å². The molecular weight excluding hydrogens is 194 g/mol. The molecule has 0 atom stereocenters. The van der Waals surface area contributed by atoms with Crippen molar-refractivity contribution in [3.8, 4) is 0 Å². The minimum atomic E-state index is 0.554. The quantitative estimate of drug-likeness (QED) is 0.685. The Labute approximate surface area is 99.3 Å². The van der Waals surface area contributed by atoms with Crippen LogP contribution in [0, 0.1) is 0 Å². The van der Waals surface area contributed by atoms with Crippen molar-refractivity contribution in [1.82, 2.24) is 4.98 Å². The van der Waals surface area contributed by atoms with Crippen LogP contribution in [0.4, 0.5) is 0 Å². The first-order valence-electron chi connectivity index (χ1n) is 6.75. The Morgan fingerprint density at radius 3 is 2.25 bits per heavy atom. The summed E-state index contributed by atoms with van der Waals surface area (Å²) in [6.07, 6.45) is 11.5.